The molecule has 4 heterocycles. The highest BCUT2D eigenvalue weighted by Crippen LogP contribution is 2.34. The number of nitrogens with zero attached hydrogens (tertiary/aromatic N) is 5. The first-order chi connectivity index (χ1) is 20.1. The van der Waals surface area contributed by atoms with Crippen LogP contribution in [0.25, 0.3) is 11.0 Å². The predicted octanol–water partition coefficient (Wildman–Crippen LogP) is 5.10. The van der Waals surface area contributed by atoms with Crippen LogP contribution in [0.2, 0.25) is 0 Å². The van der Waals surface area contributed by atoms with Gasteiger partial charge >= 0.3 is 5.63 Å². The van der Waals surface area contributed by atoms with E-state index in [1.807, 2.05) is 30.3 Å². The van der Waals surface area contributed by atoms with Crippen LogP contribution in [0.3, 0.4) is 0 Å². The Labute approximate surface area is 258 Å². The molecule has 2 aliphatic rings. The monoisotopic (exact) mass is 697 g/mol. The maximum atomic E-state index is 13.6. The summed E-state index contributed by atoms with van der Waals surface area (Å²) in [5.41, 5.74) is 0.170. The van der Waals surface area contributed by atoms with Crippen LogP contribution in [0, 0.1) is 6.92 Å². The second kappa shape index (κ2) is 11.4. The Morgan fingerprint density at radius 1 is 1.02 bits per heavy atom. The molecule has 42 heavy (non-hydrogen) atoms. The van der Waals surface area contributed by atoms with Crippen LogP contribution < -0.4 is 10.5 Å². The lowest BCUT2D eigenvalue weighted by molar-refractivity contribution is -0.123. The number of likely N-dealkylation sites (tertiary alicyclic amines) is 1. The lowest BCUT2D eigenvalue weighted by atomic mass is 9.91. The quantitative estimate of drug-likeness (QED) is 0.295. The normalized spacial score (nSPS) is 21.5. The minimum Gasteiger partial charge on any atom is -0.422 e. The van der Waals surface area contributed by atoms with E-state index in [1.54, 1.807) is 39.7 Å². The van der Waals surface area contributed by atoms with Crippen molar-refractivity contribution in [2.45, 2.75) is 50.7 Å². The van der Waals surface area contributed by atoms with Gasteiger partial charge in [0.05, 0.1) is 6.20 Å². The SMILES string of the molecule is Cc1c(C(=O)N2CCCC(O)(c3cn(C4CCCN(c5ccc(Br)cc5)C4=O)nn3)CC2)c(=O)oc2ccc(Br)cc12. The van der Waals surface area contributed by atoms with Crippen molar-refractivity contribution in [2.24, 2.45) is 0 Å². The number of piperidine rings is 1. The fraction of sp³-hybridized carbons (Fsp3) is 0.367. The molecule has 1 N–H and O–H groups in total. The summed E-state index contributed by atoms with van der Waals surface area (Å²) >= 11 is 6.87. The number of aromatic nitrogens is 3. The second-order valence-electron chi connectivity index (χ2n) is 10.9. The summed E-state index contributed by atoms with van der Waals surface area (Å²) in [6, 6.07) is 12.4. The number of amides is 2. The molecule has 218 valence electrons. The third-order valence-corrected chi connectivity index (χ3v) is 9.32. The molecule has 2 fully saturated rings. The predicted molar refractivity (Wildman–Crippen MR) is 163 cm³/mol. The van der Waals surface area contributed by atoms with E-state index in [2.05, 4.69) is 42.2 Å². The standard InChI is InChI=1S/C30H29Br2N5O5/c1-18-22-16-20(32)7-10-24(22)42-29(40)26(18)28(39)35-13-3-11-30(41,12-15-35)25-17-37(34-33-25)23-4-2-14-36(27(23)38)21-8-5-19(31)6-9-21/h5-10,16-17,23,41H,2-4,11-15H2,1H3. The number of fused-ring (bicyclic) bond motifs is 1. The summed E-state index contributed by atoms with van der Waals surface area (Å²) in [6.45, 7) is 2.96. The zero-order chi connectivity index (χ0) is 29.6. The molecule has 2 atom stereocenters. The van der Waals surface area contributed by atoms with Crippen LogP contribution in [0.15, 0.2) is 66.8 Å². The summed E-state index contributed by atoms with van der Waals surface area (Å²) in [4.78, 5) is 43.2. The van der Waals surface area contributed by atoms with Crippen LogP contribution >= 0.6 is 31.9 Å². The van der Waals surface area contributed by atoms with Gasteiger partial charge in [-0.2, -0.15) is 0 Å². The van der Waals surface area contributed by atoms with Gasteiger partial charge in [0.25, 0.3) is 11.8 Å². The third kappa shape index (κ3) is 5.31. The second-order valence-corrected chi connectivity index (χ2v) is 12.7. The molecule has 10 nitrogen and oxygen atoms in total. The Morgan fingerprint density at radius 2 is 1.79 bits per heavy atom. The first-order valence-electron chi connectivity index (χ1n) is 13.9. The van der Waals surface area contributed by atoms with Gasteiger partial charge in [0, 0.05) is 39.7 Å². The minimum absolute atomic E-state index is 0.00289. The number of rotatable bonds is 4. The number of anilines is 1. The van der Waals surface area contributed by atoms with E-state index in [-0.39, 0.29) is 24.4 Å². The number of carbonyl (C=O) groups is 2. The van der Waals surface area contributed by atoms with E-state index in [9.17, 15) is 19.5 Å². The number of carbonyl (C=O) groups excluding carboxylic acids is 2. The van der Waals surface area contributed by atoms with E-state index < -0.39 is 23.2 Å². The van der Waals surface area contributed by atoms with Gasteiger partial charge in [-0.1, -0.05) is 37.1 Å². The number of halogens is 2. The Morgan fingerprint density at radius 3 is 2.57 bits per heavy atom. The van der Waals surface area contributed by atoms with Crippen LogP contribution in [-0.4, -0.2) is 56.4 Å². The van der Waals surface area contributed by atoms with Crippen LogP contribution in [-0.2, 0) is 10.4 Å². The molecule has 0 radical (unpaired) electrons. The summed E-state index contributed by atoms with van der Waals surface area (Å²) in [5.74, 6) is -0.488. The molecule has 6 rings (SSSR count). The molecule has 4 aromatic rings. The van der Waals surface area contributed by atoms with Gasteiger partial charge in [0.15, 0.2) is 0 Å². The van der Waals surface area contributed by atoms with Crippen molar-refractivity contribution in [2.75, 3.05) is 24.5 Å². The van der Waals surface area contributed by atoms with Gasteiger partial charge in [-0.25, -0.2) is 9.48 Å². The van der Waals surface area contributed by atoms with E-state index in [4.69, 9.17) is 4.42 Å². The third-order valence-electron chi connectivity index (χ3n) is 8.30. The molecular formula is C30H29Br2N5O5. The molecule has 0 aliphatic carbocycles. The highest BCUT2D eigenvalue weighted by Gasteiger charge is 2.38. The smallest absolute Gasteiger partial charge is 0.349 e. The highest BCUT2D eigenvalue weighted by molar-refractivity contribution is 9.10. The summed E-state index contributed by atoms with van der Waals surface area (Å²) < 4.78 is 8.77. The minimum atomic E-state index is -1.33. The van der Waals surface area contributed by atoms with Crippen molar-refractivity contribution < 1.29 is 19.1 Å². The van der Waals surface area contributed by atoms with Crippen LogP contribution in [0.5, 0.6) is 0 Å². The number of hydrogen-bond donors (Lipinski definition) is 1. The number of aliphatic hydroxyl groups is 1. The molecule has 2 amide bonds. The first kappa shape index (κ1) is 28.8. The maximum absolute atomic E-state index is 13.6. The van der Waals surface area contributed by atoms with Gasteiger partial charge in [-0.05, 0) is 87.1 Å². The lowest BCUT2D eigenvalue weighted by Crippen LogP contribution is -2.42. The number of hydrogen-bond acceptors (Lipinski definition) is 7. The Hall–Kier alpha value is -3.35. The molecule has 2 unspecified atom stereocenters. The topological polar surface area (TPSA) is 122 Å². The maximum Gasteiger partial charge on any atom is 0.349 e. The zero-order valence-electron chi connectivity index (χ0n) is 22.9. The molecule has 12 heteroatoms. The van der Waals surface area contributed by atoms with Crippen molar-refractivity contribution in [1.82, 2.24) is 19.9 Å². The lowest BCUT2D eigenvalue weighted by Gasteiger charge is -2.32. The molecule has 2 aromatic heterocycles. The van der Waals surface area contributed by atoms with Gasteiger partial charge in [0.1, 0.15) is 28.5 Å². The van der Waals surface area contributed by atoms with Gasteiger partial charge in [-0.3, -0.25) is 9.59 Å². The van der Waals surface area contributed by atoms with E-state index >= 15 is 0 Å². The van der Waals surface area contributed by atoms with Gasteiger partial charge < -0.3 is 19.3 Å². The average Bonchev–Trinajstić information content (AvgIpc) is 3.38. The first-order valence-corrected chi connectivity index (χ1v) is 15.5. The van der Waals surface area contributed by atoms with Crippen molar-refractivity contribution in [3.63, 3.8) is 0 Å². The van der Waals surface area contributed by atoms with Crippen molar-refractivity contribution in [3.05, 3.63) is 84.8 Å². The van der Waals surface area contributed by atoms with Crippen molar-refractivity contribution in [3.8, 4) is 0 Å². The highest BCUT2D eigenvalue weighted by atomic mass is 79.9. The molecule has 0 saturated carbocycles. The van der Waals surface area contributed by atoms with Gasteiger partial charge in [-0.15, -0.1) is 5.10 Å². The average molecular weight is 699 g/mol. The largest absolute Gasteiger partial charge is 0.422 e. The molecule has 2 aliphatic heterocycles. The zero-order valence-corrected chi connectivity index (χ0v) is 26.1. The fourth-order valence-electron chi connectivity index (χ4n) is 5.93. The fourth-order valence-corrected chi connectivity index (χ4v) is 6.55. The van der Waals surface area contributed by atoms with Crippen LogP contribution in [0.4, 0.5) is 5.69 Å². The van der Waals surface area contributed by atoms with E-state index in [0.29, 0.717) is 54.6 Å². The molecule has 0 spiro atoms. The van der Waals surface area contributed by atoms with Crippen molar-refractivity contribution in [1.29, 1.82) is 0 Å². The molecule has 2 aromatic carbocycles. The Balaban J connectivity index is 1.19. The Bertz CT molecular complexity index is 1740. The van der Waals surface area contributed by atoms with Gasteiger partial charge in [0.2, 0.25) is 0 Å². The Kier molecular flexibility index (Phi) is 7.79. The molecule has 2 saturated heterocycles. The molecular weight excluding hydrogens is 670 g/mol. The summed E-state index contributed by atoms with van der Waals surface area (Å²) in [7, 11) is 0. The van der Waals surface area contributed by atoms with Crippen LogP contribution in [0.1, 0.15) is 59.8 Å². The number of benzene rings is 2. The van der Waals surface area contributed by atoms with E-state index in [1.165, 1.54) is 0 Å². The van der Waals surface area contributed by atoms with E-state index in [0.717, 1.165) is 21.1 Å². The van der Waals surface area contributed by atoms with Crippen molar-refractivity contribution >= 4 is 60.3 Å². The molecule has 0 bridgehead atoms. The summed E-state index contributed by atoms with van der Waals surface area (Å²) in [5, 5.41) is 20.9. The summed E-state index contributed by atoms with van der Waals surface area (Å²) in [6.07, 6.45) is 4.16. The number of aryl methyl sites for hydroxylation is 1.